The molecule has 0 spiro atoms. The molecule has 0 unspecified atom stereocenters. The van der Waals surface area contributed by atoms with Gasteiger partial charge in [-0.15, -0.1) is 6.58 Å². The molecule has 0 aliphatic heterocycles. The van der Waals surface area contributed by atoms with Crippen LogP contribution in [0.15, 0.2) is 24.8 Å². The second kappa shape index (κ2) is 8.67. The van der Waals surface area contributed by atoms with E-state index >= 15 is 0 Å². The van der Waals surface area contributed by atoms with E-state index < -0.39 is 0 Å². The molecule has 0 bridgehead atoms. The van der Waals surface area contributed by atoms with Gasteiger partial charge in [0, 0.05) is 25.3 Å². The van der Waals surface area contributed by atoms with Crippen molar-refractivity contribution in [3.05, 3.63) is 36.0 Å². The quantitative estimate of drug-likeness (QED) is 0.666. The van der Waals surface area contributed by atoms with E-state index in [4.69, 9.17) is 5.11 Å². The van der Waals surface area contributed by atoms with Gasteiger partial charge in [0.05, 0.1) is 6.61 Å². The zero-order valence-electron chi connectivity index (χ0n) is 12.0. The molecule has 1 aromatic heterocycles. The summed E-state index contributed by atoms with van der Waals surface area (Å²) in [7, 11) is 1.94. The van der Waals surface area contributed by atoms with Gasteiger partial charge in [-0.3, -0.25) is 0 Å². The van der Waals surface area contributed by atoms with Crippen molar-refractivity contribution in [1.29, 1.82) is 0 Å². The molecule has 0 aromatic carbocycles. The van der Waals surface area contributed by atoms with Crippen molar-refractivity contribution in [2.24, 2.45) is 0 Å². The Hall–Kier alpha value is -1.39. The van der Waals surface area contributed by atoms with Gasteiger partial charge in [0.25, 0.3) is 0 Å². The number of hydrogen-bond donors (Lipinski definition) is 2. The molecule has 1 aromatic rings. The second-order valence-corrected chi connectivity index (χ2v) is 4.56. The SMILES string of the molecule is C=CCN(CCO)c1cc(CNC)cc(CCC)n1. The summed E-state index contributed by atoms with van der Waals surface area (Å²) < 4.78 is 0. The first-order chi connectivity index (χ1) is 9.24. The van der Waals surface area contributed by atoms with Crippen LogP contribution in [0.5, 0.6) is 0 Å². The molecule has 4 nitrogen and oxygen atoms in total. The average Bonchev–Trinajstić information content (AvgIpc) is 2.39. The number of pyridine rings is 1. The first-order valence-electron chi connectivity index (χ1n) is 6.86. The highest BCUT2D eigenvalue weighted by Gasteiger charge is 2.09. The van der Waals surface area contributed by atoms with Gasteiger partial charge in [-0.05, 0) is 31.2 Å². The van der Waals surface area contributed by atoms with Gasteiger partial charge in [-0.2, -0.15) is 0 Å². The fourth-order valence-electron chi connectivity index (χ4n) is 2.06. The van der Waals surface area contributed by atoms with Crippen LogP contribution in [0, 0.1) is 0 Å². The molecule has 1 rings (SSSR count). The Labute approximate surface area is 116 Å². The van der Waals surface area contributed by atoms with Gasteiger partial charge in [0.15, 0.2) is 0 Å². The van der Waals surface area contributed by atoms with E-state index in [0.29, 0.717) is 13.1 Å². The summed E-state index contributed by atoms with van der Waals surface area (Å²) in [5.41, 5.74) is 2.33. The normalized spacial score (nSPS) is 10.5. The highest BCUT2D eigenvalue weighted by molar-refractivity contribution is 5.43. The number of aryl methyl sites for hydroxylation is 1. The lowest BCUT2D eigenvalue weighted by Gasteiger charge is -2.22. The molecule has 19 heavy (non-hydrogen) atoms. The summed E-state index contributed by atoms with van der Waals surface area (Å²) in [5.74, 6) is 0.921. The third-order valence-corrected chi connectivity index (χ3v) is 2.86. The minimum absolute atomic E-state index is 0.120. The Morgan fingerprint density at radius 2 is 2.26 bits per heavy atom. The summed E-state index contributed by atoms with van der Waals surface area (Å²) >= 11 is 0. The number of hydrogen-bond acceptors (Lipinski definition) is 4. The number of nitrogens with zero attached hydrogens (tertiary/aromatic N) is 2. The molecule has 0 saturated carbocycles. The van der Waals surface area contributed by atoms with Crippen LogP contribution < -0.4 is 10.2 Å². The summed E-state index contributed by atoms with van der Waals surface area (Å²) in [6, 6.07) is 4.23. The second-order valence-electron chi connectivity index (χ2n) is 4.56. The highest BCUT2D eigenvalue weighted by atomic mass is 16.3. The number of aliphatic hydroxyl groups is 1. The van der Waals surface area contributed by atoms with E-state index in [1.165, 1.54) is 5.56 Å². The van der Waals surface area contributed by atoms with Gasteiger partial charge >= 0.3 is 0 Å². The van der Waals surface area contributed by atoms with Crippen LogP contribution >= 0.6 is 0 Å². The Morgan fingerprint density at radius 3 is 2.84 bits per heavy atom. The standard InChI is InChI=1S/C15H25N3O/c1-4-6-14-10-13(12-16-3)11-15(17-14)18(7-5-2)8-9-19/h5,10-11,16,19H,2,4,6-9,12H2,1,3H3. The maximum absolute atomic E-state index is 9.15. The number of aliphatic hydroxyl groups excluding tert-OH is 1. The topological polar surface area (TPSA) is 48.4 Å². The highest BCUT2D eigenvalue weighted by Crippen LogP contribution is 2.16. The minimum Gasteiger partial charge on any atom is -0.395 e. The third-order valence-electron chi connectivity index (χ3n) is 2.86. The zero-order chi connectivity index (χ0) is 14.1. The fourth-order valence-corrected chi connectivity index (χ4v) is 2.06. The monoisotopic (exact) mass is 263 g/mol. The molecule has 0 amide bonds. The van der Waals surface area contributed by atoms with Crippen LogP contribution in [0.2, 0.25) is 0 Å². The summed E-state index contributed by atoms with van der Waals surface area (Å²) in [6.07, 6.45) is 3.89. The maximum atomic E-state index is 9.15. The van der Waals surface area contributed by atoms with Crippen molar-refractivity contribution in [3.8, 4) is 0 Å². The Kier molecular flexibility index (Phi) is 7.15. The lowest BCUT2D eigenvalue weighted by molar-refractivity contribution is 0.302. The van der Waals surface area contributed by atoms with Gasteiger partial charge in [-0.1, -0.05) is 19.4 Å². The largest absolute Gasteiger partial charge is 0.395 e. The lowest BCUT2D eigenvalue weighted by Crippen LogP contribution is -2.28. The molecule has 0 radical (unpaired) electrons. The van der Waals surface area contributed by atoms with E-state index in [9.17, 15) is 0 Å². The van der Waals surface area contributed by atoms with Crippen molar-refractivity contribution in [2.75, 3.05) is 31.6 Å². The van der Waals surface area contributed by atoms with Gasteiger partial charge < -0.3 is 15.3 Å². The number of anilines is 1. The van der Waals surface area contributed by atoms with E-state index in [2.05, 4.69) is 35.9 Å². The number of rotatable bonds is 9. The third kappa shape index (κ3) is 5.01. The molecule has 0 aliphatic rings. The van der Waals surface area contributed by atoms with Crippen molar-refractivity contribution in [1.82, 2.24) is 10.3 Å². The smallest absolute Gasteiger partial charge is 0.129 e. The first-order valence-corrected chi connectivity index (χ1v) is 6.86. The Morgan fingerprint density at radius 1 is 1.47 bits per heavy atom. The molecule has 1 heterocycles. The van der Waals surface area contributed by atoms with Gasteiger partial charge in [0.2, 0.25) is 0 Å². The van der Waals surface area contributed by atoms with Crippen LogP contribution in [-0.2, 0) is 13.0 Å². The molecular formula is C15H25N3O. The lowest BCUT2D eigenvalue weighted by atomic mass is 10.1. The predicted octanol–water partition coefficient (Wildman–Crippen LogP) is 1.74. The predicted molar refractivity (Wildman–Crippen MR) is 80.5 cm³/mol. The van der Waals surface area contributed by atoms with Crippen LogP contribution in [-0.4, -0.2) is 36.8 Å². The molecule has 0 atom stereocenters. The number of aromatic nitrogens is 1. The average molecular weight is 263 g/mol. The van der Waals surface area contributed by atoms with Crippen LogP contribution in [0.1, 0.15) is 24.6 Å². The first kappa shape index (κ1) is 15.7. The molecule has 2 N–H and O–H groups in total. The summed E-state index contributed by atoms with van der Waals surface area (Å²) in [6.45, 7) is 8.14. The van der Waals surface area contributed by atoms with Crippen LogP contribution in [0.25, 0.3) is 0 Å². The Balaban J connectivity index is 3.03. The molecular weight excluding hydrogens is 238 g/mol. The maximum Gasteiger partial charge on any atom is 0.129 e. The van der Waals surface area contributed by atoms with Crippen LogP contribution in [0.4, 0.5) is 5.82 Å². The van der Waals surface area contributed by atoms with E-state index in [0.717, 1.165) is 30.9 Å². The molecule has 0 fully saturated rings. The van der Waals surface area contributed by atoms with Crippen molar-refractivity contribution in [2.45, 2.75) is 26.3 Å². The zero-order valence-corrected chi connectivity index (χ0v) is 12.0. The van der Waals surface area contributed by atoms with Gasteiger partial charge in [-0.25, -0.2) is 4.98 Å². The van der Waals surface area contributed by atoms with Crippen LogP contribution in [0.3, 0.4) is 0 Å². The summed E-state index contributed by atoms with van der Waals surface area (Å²) in [5, 5.41) is 12.3. The number of nitrogens with one attached hydrogen (secondary N) is 1. The molecule has 106 valence electrons. The van der Waals surface area contributed by atoms with E-state index in [1.54, 1.807) is 0 Å². The van der Waals surface area contributed by atoms with Crippen molar-refractivity contribution < 1.29 is 5.11 Å². The Bertz CT molecular complexity index is 369. The summed E-state index contributed by atoms with van der Waals surface area (Å²) in [4.78, 5) is 6.73. The van der Waals surface area contributed by atoms with Crippen molar-refractivity contribution in [3.63, 3.8) is 0 Å². The van der Waals surface area contributed by atoms with E-state index in [-0.39, 0.29) is 6.61 Å². The van der Waals surface area contributed by atoms with Crippen molar-refractivity contribution >= 4 is 5.82 Å². The molecule has 0 saturated heterocycles. The molecule has 4 heteroatoms. The van der Waals surface area contributed by atoms with Gasteiger partial charge in [0.1, 0.15) is 5.82 Å². The fraction of sp³-hybridized carbons (Fsp3) is 0.533. The minimum atomic E-state index is 0.120. The molecule has 0 aliphatic carbocycles. The van der Waals surface area contributed by atoms with E-state index in [1.807, 2.05) is 18.0 Å².